The van der Waals surface area contributed by atoms with E-state index in [1.165, 1.54) is 5.56 Å². The molecule has 1 heterocycles. The molecule has 0 unspecified atom stereocenters. The van der Waals surface area contributed by atoms with Crippen LogP contribution in [0.5, 0.6) is 0 Å². The largest absolute Gasteiger partial charge is 0.340 e. The molecular formula is C16H20ClN3. The molecule has 2 rings (SSSR count). The Morgan fingerprint density at radius 2 is 1.90 bits per heavy atom. The van der Waals surface area contributed by atoms with Gasteiger partial charge in [0.25, 0.3) is 0 Å². The van der Waals surface area contributed by atoms with Crippen molar-refractivity contribution in [1.29, 1.82) is 0 Å². The van der Waals surface area contributed by atoms with Gasteiger partial charge in [0.15, 0.2) is 0 Å². The fourth-order valence-corrected chi connectivity index (χ4v) is 2.26. The van der Waals surface area contributed by atoms with E-state index in [0.29, 0.717) is 5.15 Å². The highest BCUT2D eigenvalue weighted by atomic mass is 35.5. The summed E-state index contributed by atoms with van der Waals surface area (Å²) in [4.78, 5) is 8.81. The van der Waals surface area contributed by atoms with Gasteiger partial charge in [0.1, 0.15) is 16.8 Å². The Labute approximate surface area is 125 Å². The van der Waals surface area contributed by atoms with Crippen molar-refractivity contribution in [2.24, 2.45) is 0 Å². The maximum atomic E-state index is 6.17. The summed E-state index contributed by atoms with van der Waals surface area (Å²) < 4.78 is 0. The Hall–Kier alpha value is -1.61. The van der Waals surface area contributed by atoms with Gasteiger partial charge in [-0.25, -0.2) is 9.97 Å². The Kier molecular flexibility index (Phi) is 4.96. The molecule has 0 saturated carbocycles. The number of rotatable bonds is 5. The highest BCUT2D eigenvalue weighted by molar-refractivity contribution is 6.30. The summed E-state index contributed by atoms with van der Waals surface area (Å²) in [6.07, 6.45) is 2.93. The molecule has 20 heavy (non-hydrogen) atoms. The lowest BCUT2D eigenvalue weighted by Crippen LogP contribution is -2.04. The normalized spacial score (nSPS) is 10.6. The summed E-state index contributed by atoms with van der Waals surface area (Å²) in [5.41, 5.74) is 3.27. The highest BCUT2D eigenvalue weighted by Gasteiger charge is 2.10. The van der Waals surface area contributed by atoms with Crippen LogP contribution in [0.15, 0.2) is 24.3 Å². The minimum atomic E-state index is 0.521. The van der Waals surface area contributed by atoms with E-state index in [1.54, 1.807) is 0 Å². The van der Waals surface area contributed by atoms with Crippen molar-refractivity contribution in [3.63, 3.8) is 0 Å². The van der Waals surface area contributed by atoms with Crippen LogP contribution in [0.25, 0.3) is 0 Å². The third-order valence-corrected chi connectivity index (χ3v) is 3.61. The van der Waals surface area contributed by atoms with Crippen LogP contribution in [-0.4, -0.2) is 9.97 Å². The quantitative estimate of drug-likeness (QED) is 0.811. The van der Waals surface area contributed by atoms with Gasteiger partial charge < -0.3 is 5.32 Å². The molecule has 0 fully saturated rings. The van der Waals surface area contributed by atoms with Gasteiger partial charge in [0.2, 0.25) is 0 Å². The van der Waals surface area contributed by atoms with E-state index in [-0.39, 0.29) is 0 Å². The summed E-state index contributed by atoms with van der Waals surface area (Å²) in [5.74, 6) is 1.56. The second kappa shape index (κ2) is 6.71. The van der Waals surface area contributed by atoms with E-state index in [9.17, 15) is 0 Å². The monoisotopic (exact) mass is 289 g/mol. The zero-order valence-corrected chi connectivity index (χ0v) is 13.0. The molecule has 0 amide bonds. The SMILES string of the molecule is CCCc1ccccc1Nc1nc(CC)nc(Cl)c1C. The molecule has 0 bridgehead atoms. The number of benzene rings is 1. The molecular weight excluding hydrogens is 270 g/mol. The molecule has 0 saturated heterocycles. The van der Waals surface area contributed by atoms with Crippen molar-refractivity contribution in [3.05, 3.63) is 46.4 Å². The summed E-state index contributed by atoms with van der Waals surface area (Å²) >= 11 is 6.17. The van der Waals surface area contributed by atoms with Crippen molar-refractivity contribution < 1.29 is 0 Å². The Bertz CT molecular complexity index is 596. The summed E-state index contributed by atoms with van der Waals surface area (Å²) in [6, 6.07) is 8.31. The maximum Gasteiger partial charge on any atom is 0.138 e. The molecule has 1 aromatic heterocycles. The first-order valence-corrected chi connectivity index (χ1v) is 7.41. The molecule has 0 aliphatic heterocycles. The van der Waals surface area contributed by atoms with Gasteiger partial charge in [-0.1, -0.05) is 50.1 Å². The van der Waals surface area contributed by atoms with Gasteiger partial charge in [-0.2, -0.15) is 0 Å². The average Bonchev–Trinajstić information content (AvgIpc) is 2.46. The van der Waals surface area contributed by atoms with Crippen molar-refractivity contribution in [3.8, 4) is 0 Å². The number of nitrogens with one attached hydrogen (secondary N) is 1. The molecule has 3 nitrogen and oxygen atoms in total. The highest BCUT2D eigenvalue weighted by Crippen LogP contribution is 2.26. The van der Waals surface area contributed by atoms with Crippen LogP contribution >= 0.6 is 11.6 Å². The molecule has 0 spiro atoms. The van der Waals surface area contributed by atoms with Crippen LogP contribution in [0.1, 0.15) is 37.2 Å². The van der Waals surface area contributed by atoms with Gasteiger partial charge in [0.05, 0.1) is 0 Å². The first kappa shape index (κ1) is 14.8. The van der Waals surface area contributed by atoms with Crippen LogP contribution < -0.4 is 5.32 Å². The molecule has 4 heteroatoms. The van der Waals surface area contributed by atoms with Crippen LogP contribution in [0.4, 0.5) is 11.5 Å². The molecule has 0 radical (unpaired) electrons. The first-order chi connectivity index (χ1) is 9.65. The van der Waals surface area contributed by atoms with E-state index in [0.717, 1.165) is 42.2 Å². The zero-order chi connectivity index (χ0) is 14.5. The van der Waals surface area contributed by atoms with Gasteiger partial charge in [-0.05, 0) is 25.0 Å². The number of hydrogen-bond acceptors (Lipinski definition) is 3. The smallest absolute Gasteiger partial charge is 0.138 e. The lowest BCUT2D eigenvalue weighted by Gasteiger charge is -2.14. The third-order valence-electron chi connectivity index (χ3n) is 3.24. The summed E-state index contributed by atoms with van der Waals surface area (Å²) in [6.45, 7) is 6.14. The van der Waals surface area contributed by atoms with Crippen LogP contribution in [0.2, 0.25) is 5.15 Å². The van der Waals surface area contributed by atoms with Crippen LogP contribution in [0.3, 0.4) is 0 Å². The van der Waals surface area contributed by atoms with Crippen LogP contribution in [-0.2, 0) is 12.8 Å². The van der Waals surface area contributed by atoms with E-state index in [4.69, 9.17) is 11.6 Å². The fraction of sp³-hybridized carbons (Fsp3) is 0.375. The zero-order valence-electron chi connectivity index (χ0n) is 12.2. The van der Waals surface area contributed by atoms with E-state index in [1.807, 2.05) is 19.9 Å². The maximum absolute atomic E-state index is 6.17. The number of nitrogens with zero attached hydrogens (tertiary/aromatic N) is 2. The lowest BCUT2D eigenvalue weighted by atomic mass is 10.1. The molecule has 1 aromatic carbocycles. The van der Waals surface area contributed by atoms with E-state index >= 15 is 0 Å². The summed E-state index contributed by atoms with van der Waals surface area (Å²) in [7, 11) is 0. The van der Waals surface area contributed by atoms with Crippen molar-refractivity contribution >= 4 is 23.1 Å². The lowest BCUT2D eigenvalue weighted by molar-refractivity contribution is 0.918. The number of anilines is 2. The standard InChI is InChI=1S/C16H20ClN3/c1-4-8-12-9-6-7-10-13(12)18-16-11(3)15(17)19-14(5-2)20-16/h6-7,9-10H,4-5,8H2,1-3H3,(H,18,19,20). The first-order valence-electron chi connectivity index (χ1n) is 7.03. The van der Waals surface area contributed by atoms with Crippen molar-refractivity contribution in [2.45, 2.75) is 40.0 Å². The van der Waals surface area contributed by atoms with Crippen molar-refractivity contribution in [2.75, 3.05) is 5.32 Å². The molecule has 106 valence electrons. The van der Waals surface area contributed by atoms with Crippen LogP contribution in [0, 0.1) is 6.92 Å². The average molecular weight is 290 g/mol. The Balaban J connectivity index is 2.37. The topological polar surface area (TPSA) is 37.8 Å². The van der Waals surface area contributed by atoms with Gasteiger partial charge >= 0.3 is 0 Å². The predicted molar refractivity (Wildman–Crippen MR) is 84.9 cm³/mol. The third kappa shape index (κ3) is 3.28. The van der Waals surface area contributed by atoms with E-state index < -0.39 is 0 Å². The second-order valence-corrected chi connectivity index (χ2v) is 5.15. The minimum Gasteiger partial charge on any atom is -0.340 e. The number of para-hydroxylation sites is 1. The number of hydrogen-bond donors (Lipinski definition) is 1. The van der Waals surface area contributed by atoms with Crippen molar-refractivity contribution in [1.82, 2.24) is 9.97 Å². The Morgan fingerprint density at radius 1 is 1.15 bits per heavy atom. The fourth-order valence-electron chi connectivity index (χ4n) is 2.07. The molecule has 0 atom stereocenters. The predicted octanol–water partition coefficient (Wildman–Crippen LogP) is 4.70. The molecule has 0 aliphatic carbocycles. The number of aromatic nitrogens is 2. The minimum absolute atomic E-state index is 0.521. The number of halogens is 1. The van der Waals surface area contributed by atoms with E-state index in [2.05, 4.69) is 40.4 Å². The van der Waals surface area contributed by atoms with Gasteiger partial charge in [-0.3, -0.25) is 0 Å². The molecule has 1 N–H and O–H groups in total. The van der Waals surface area contributed by atoms with Gasteiger partial charge in [0, 0.05) is 17.7 Å². The summed E-state index contributed by atoms with van der Waals surface area (Å²) in [5, 5.41) is 3.93. The molecule has 0 aliphatic rings. The number of aryl methyl sites for hydroxylation is 2. The second-order valence-electron chi connectivity index (χ2n) is 4.79. The molecule has 2 aromatic rings. The Morgan fingerprint density at radius 3 is 2.60 bits per heavy atom. The van der Waals surface area contributed by atoms with Gasteiger partial charge in [-0.15, -0.1) is 0 Å².